The van der Waals surface area contributed by atoms with E-state index >= 15 is 0 Å². The van der Waals surface area contributed by atoms with Gasteiger partial charge in [-0.1, -0.05) is 55.5 Å². The van der Waals surface area contributed by atoms with Gasteiger partial charge in [-0.15, -0.1) is 0 Å². The van der Waals surface area contributed by atoms with Crippen LogP contribution in [0.25, 0.3) is 11.1 Å². The van der Waals surface area contributed by atoms with Crippen molar-refractivity contribution in [2.75, 3.05) is 19.8 Å². The predicted octanol–water partition coefficient (Wildman–Crippen LogP) is 4.02. The van der Waals surface area contributed by atoms with Crippen LogP contribution in [0.2, 0.25) is 0 Å². The molecule has 0 radical (unpaired) electrons. The molecule has 1 aliphatic carbocycles. The molecule has 1 aliphatic heterocycles. The first kappa shape index (κ1) is 18.2. The fraction of sp³-hybridized carbons (Fsp3) is 0.435. The van der Waals surface area contributed by atoms with Crippen molar-refractivity contribution >= 4 is 5.91 Å². The van der Waals surface area contributed by atoms with Crippen molar-refractivity contribution in [3.05, 3.63) is 59.7 Å². The number of hydrogen-bond donors (Lipinski definition) is 1. The Morgan fingerprint density at radius 2 is 1.63 bits per heavy atom. The molecule has 4 nitrogen and oxygen atoms in total. The minimum atomic E-state index is -0.638. The van der Waals surface area contributed by atoms with Crippen LogP contribution in [0, 0.1) is 0 Å². The maximum atomic E-state index is 13.5. The van der Waals surface area contributed by atoms with Gasteiger partial charge in [-0.2, -0.15) is 0 Å². The molecule has 1 fully saturated rings. The van der Waals surface area contributed by atoms with Gasteiger partial charge in [-0.25, -0.2) is 0 Å². The molecule has 1 amide bonds. The Hall–Kier alpha value is -2.17. The summed E-state index contributed by atoms with van der Waals surface area (Å²) < 4.78 is 11.2. The average molecular weight is 365 g/mol. The lowest BCUT2D eigenvalue weighted by atomic mass is 9.73. The lowest BCUT2D eigenvalue weighted by molar-refractivity contribution is -0.125. The van der Waals surface area contributed by atoms with Crippen LogP contribution >= 0.6 is 0 Å². The third-order valence-corrected chi connectivity index (χ3v) is 5.67. The Bertz CT molecular complexity index is 765. The van der Waals surface area contributed by atoms with E-state index in [2.05, 4.69) is 48.6 Å². The van der Waals surface area contributed by atoms with Gasteiger partial charge in [-0.3, -0.25) is 4.79 Å². The highest BCUT2D eigenvalue weighted by atomic mass is 16.7. The summed E-state index contributed by atoms with van der Waals surface area (Å²) in [6, 6.07) is 16.7. The summed E-state index contributed by atoms with van der Waals surface area (Å²) in [5.74, 6) is 0.106. The Balaban J connectivity index is 1.71. The second kappa shape index (κ2) is 7.83. The summed E-state index contributed by atoms with van der Waals surface area (Å²) in [6.07, 6.45) is 3.22. The number of ether oxygens (including phenoxy) is 2. The molecule has 0 unspecified atom stereocenters. The van der Waals surface area contributed by atoms with E-state index < -0.39 is 5.41 Å². The van der Waals surface area contributed by atoms with Gasteiger partial charge in [0.05, 0.1) is 13.2 Å². The predicted molar refractivity (Wildman–Crippen MR) is 106 cm³/mol. The monoisotopic (exact) mass is 365 g/mol. The molecule has 0 aromatic heterocycles. The molecule has 2 aromatic carbocycles. The summed E-state index contributed by atoms with van der Waals surface area (Å²) in [6.45, 7) is 4.11. The summed E-state index contributed by atoms with van der Waals surface area (Å²) >= 11 is 0. The highest BCUT2D eigenvalue weighted by Crippen LogP contribution is 2.51. The molecule has 4 rings (SSSR count). The van der Waals surface area contributed by atoms with Gasteiger partial charge in [-0.05, 0) is 47.9 Å². The number of fused-ring (bicyclic) bond motifs is 3. The Labute approximate surface area is 160 Å². The van der Waals surface area contributed by atoms with Crippen LogP contribution < -0.4 is 5.32 Å². The van der Waals surface area contributed by atoms with E-state index in [4.69, 9.17) is 9.47 Å². The molecule has 0 saturated carbocycles. The zero-order chi connectivity index (χ0) is 18.7. The molecule has 2 aromatic rings. The highest BCUT2D eigenvalue weighted by Gasteiger charge is 2.48. The number of nitrogens with one attached hydrogen (secondary N) is 1. The zero-order valence-corrected chi connectivity index (χ0v) is 15.9. The van der Waals surface area contributed by atoms with E-state index in [1.54, 1.807) is 0 Å². The normalized spacial score (nSPS) is 17.5. The minimum Gasteiger partial charge on any atom is -0.355 e. The van der Waals surface area contributed by atoms with Gasteiger partial charge in [0.2, 0.25) is 5.91 Å². The van der Waals surface area contributed by atoms with Gasteiger partial charge in [0.25, 0.3) is 0 Å². The van der Waals surface area contributed by atoms with Crippen LogP contribution in [0.15, 0.2) is 48.5 Å². The van der Waals surface area contributed by atoms with Crippen LogP contribution in [0.4, 0.5) is 0 Å². The largest absolute Gasteiger partial charge is 0.355 e. The minimum absolute atomic E-state index is 0.106. The Kier molecular flexibility index (Phi) is 5.28. The molecule has 1 N–H and O–H groups in total. The summed E-state index contributed by atoms with van der Waals surface area (Å²) in [7, 11) is 0. The summed E-state index contributed by atoms with van der Waals surface area (Å²) in [5.41, 5.74) is 3.95. The van der Waals surface area contributed by atoms with Gasteiger partial charge in [0, 0.05) is 6.54 Å². The van der Waals surface area contributed by atoms with Crippen molar-refractivity contribution in [1.82, 2.24) is 5.32 Å². The summed E-state index contributed by atoms with van der Waals surface area (Å²) in [5, 5.41) is 3.17. The molecule has 27 heavy (non-hydrogen) atoms. The molecule has 1 saturated heterocycles. The SMILES string of the molecule is CCCNC(=O)C1(CCCC2OCCO2)c2ccccc2-c2ccccc21. The van der Waals surface area contributed by atoms with Crippen LogP contribution in [0.3, 0.4) is 0 Å². The van der Waals surface area contributed by atoms with Crippen LogP contribution in [-0.2, 0) is 19.7 Å². The van der Waals surface area contributed by atoms with E-state index in [9.17, 15) is 4.79 Å². The lowest BCUT2D eigenvalue weighted by Crippen LogP contribution is -2.44. The van der Waals surface area contributed by atoms with Gasteiger partial charge < -0.3 is 14.8 Å². The number of amides is 1. The van der Waals surface area contributed by atoms with E-state index in [0.29, 0.717) is 19.8 Å². The standard InChI is InChI=1S/C23H27NO3/c1-2-14-24-22(25)23(13-7-12-21-26-15-16-27-21)19-10-5-3-8-17(19)18-9-4-6-11-20(18)23/h3-6,8-11,21H,2,7,12-16H2,1H3,(H,24,25). The zero-order valence-electron chi connectivity index (χ0n) is 15.9. The first-order chi connectivity index (χ1) is 13.3. The molecule has 0 atom stereocenters. The van der Waals surface area contributed by atoms with E-state index in [1.165, 1.54) is 11.1 Å². The second-order valence-electron chi connectivity index (χ2n) is 7.32. The van der Waals surface area contributed by atoms with Crippen molar-refractivity contribution in [1.29, 1.82) is 0 Å². The maximum absolute atomic E-state index is 13.5. The first-order valence-corrected chi connectivity index (χ1v) is 9.98. The topological polar surface area (TPSA) is 47.6 Å². The smallest absolute Gasteiger partial charge is 0.235 e. The Morgan fingerprint density at radius 1 is 1.04 bits per heavy atom. The lowest BCUT2D eigenvalue weighted by Gasteiger charge is -2.31. The molecule has 0 spiro atoms. The average Bonchev–Trinajstić information content (AvgIpc) is 3.32. The highest BCUT2D eigenvalue weighted by molar-refractivity contribution is 6.00. The van der Waals surface area contributed by atoms with Gasteiger partial charge in [0.15, 0.2) is 6.29 Å². The number of carbonyl (C=O) groups is 1. The third-order valence-electron chi connectivity index (χ3n) is 5.67. The Morgan fingerprint density at radius 3 is 2.22 bits per heavy atom. The quantitative estimate of drug-likeness (QED) is 0.806. The second-order valence-corrected chi connectivity index (χ2v) is 7.32. The van der Waals surface area contributed by atoms with Crippen molar-refractivity contribution in [3.63, 3.8) is 0 Å². The third kappa shape index (κ3) is 3.17. The number of benzene rings is 2. The fourth-order valence-electron chi connectivity index (χ4n) is 4.45. The van der Waals surface area contributed by atoms with Crippen molar-refractivity contribution in [2.24, 2.45) is 0 Å². The van der Waals surface area contributed by atoms with Crippen molar-refractivity contribution < 1.29 is 14.3 Å². The van der Waals surface area contributed by atoms with Crippen LogP contribution in [0.5, 0.6) is 0 Å². The molecule has 0 bridgehead atoms. The van der Waals surface area contributed by atoms with E-state index in [-0.39, 0.29) is 12.2 Å². The van der Waals surface area contributed by atoms with Crippen LogP contribution in [-0.4, -0.2) is 32.0 Å². The molecular weight excluding hydrogens is 338 g/mol. The first-order valence-electron chi connectivity index (χ1n) is 9.98. The van der Waals surface area contributed by atoms with Gasteiger partial charge >= 0.3 is 0 Å². The fourth-order valence-corrected chi connectivity index (χ4v) is 4.45. The summed E-state index contributed by atoms with van der Waals surface area (Å²) in [4.78, 5) is 13.5. The molecular formula is C23H27NO3. The van der Waals surface area contributed by atoms with Crippen LogP contribution in [0.1, 0.15) is 43.7 Å². The van der Waals surface area contributed by atoms with Crippen molar-refractivity contribution in [3.8, 4) is 11.1 Å². The number of rotatable bonds is 7. The molecule has 1 heterocycles. The number of carbonyl (C=O) groups excluding carboxylic acids is 1. The molecule has 2 aliphatic rings. The van der Waals surface area contributed by atoms with Gasteiger partial charge in [0.1, 0.15) is 5.41 Å². The molecule has 4 heteroatoms. The van der Waals surface area contributed by atoms with E-state index in [1.807, 2.05) is 12.1 Å². The van der Waals surface area contributed by atoms with Crippen molar-refractivity contribution in [2.45, 2.75) is 44.3 Å². The molecule has 142 valence electrons. The number of hydrogen-bond acceptors (Lipinski definition) is 3. The maximum Gasteiger partial charge on any atom is 0.235 e. The van der Waals surface area contributed by atoms with E-state index in [0.717, 1.165) is 36.8 Å².